The van der Waals surface area contributed by atoms with Gasteiger partial charge in [-0.15, -0.1) is 0 Å². The Labute approximate surface area is 176 Å². The van der Waals surface area contributed by atoms with Crippen LogP contribution in [-0.4, -0.2) is 22.8 Å². The van der Waals surface area contributed by atoms with Gasteiger partial charge in [0, 0.05) is 22.1 Å². The molecule has 150 valence electrons. The number of carbonyl (C=O) groups is 2. The van der Waals surface area contributed by atoms with Crippen LogP contribution in [0.2, 0.25) is 5.02 Å². The molecule has 28 heavy (non-hydrogen) atoms. The monoisotopic (exact) mass is 419 g/mol. The molecule has 0 N–H and O–H groups in total. The molecule has 0 fully saturated rings. The molecule has 1 atom stereocenters. The van der Waals surface area contributed by atoms with Gasteiger partial charge in [0.2, 0.25) is 0 Å². The first-order valence-corrected chi connectivity index (χ1v) is 10.9. The molecule has 2 aliphatic rings. The molecule has 0 saturated heterocycles. The first kappa shape index (κ1) is 21.0. The van der Waals surface area contributed by atoms with Gasteiger partial charge in [-0.3, -0.25) is 9.59 Å². The topological polar surface area (TPSA) is 46.6 Å². The second kappa shape index (κ2) is 9.19. The summed E-state index contributed by atoms with van der Waals surface area (Å²) in [6.45, 7) is 4.17. The third kappa shape index (κ3) is 4.15. The van der Waals surface area contributed by atoms with E-state index in [1.807, 2.05) is 0 Å². The third-order valence-corrected chi connectivity index (χ3v) is 6.02. The molecular weight excluding hydrogens is 394 g/mol. The Morgan fingerprint density at radius 2 is 1.79 bits per heavy atom. The Morgan fingerprint density at radius 1 is 1.14 bits per heavy atom. The first-order chi connectivity index (χ1) is 13.5. The minimum atomic E-state index is -0.209. The zero-order valence-electron chi connectivity index (χ0n) is 16.4. The molecule has 2 amide bonds. The highest BCUT2D eigenvalue weighted by molar-refractivity contribution is 7.80. The molecule has 0 spiro atoms. The number of thiocarbonyl (C=S) groups is 1. The summed E-state index contributed by atoms with van der Waals surface area (Å²) < 4.78 is 6.15. The minimum Gasteiger partial charge on any atom is -0.484 e. The fourth-order valence-corrected chi connectivity index (χ4v) is 4.34. The van der Waals surface area contributed by atoms with Gasteiger partial charge in [-0.05, 0) is 50.7 Å². The molecule has 0 bridgehead atoms. The van der Waals surface area contributed by atoms with Gasteiger partial charge in [0.05, 0.1) is 10.7 Å². The number of benzene rings is 1. The van der Waals surface area contributed by atoms with E-state index in [-0.39, 0.29) is 17.9 Å². The van der Waals surface area contributed by atoms with Crippen LogP contribution in [0.5, 0.6) is 5.75 Å². The predicted octanol–water partition coefficient (Wildman–Crippen LogP) is 5.80. The van der Waals surface area contributed by atoms with E-state index in [2.05, 4.69) is 13.8 Å². The second-order valence-electron chi connectivity index (χ2n) is 7.34. The maximum absolute atomic E-state index is 12.8. The van der Waals surface area contributed by atoms with Crippen LogP contribution in [0.4, 0.5) is 5.69 Å². The van der Waals surface area contributed by atoms with Gasteiger partial charge in [0.1, 0.15) is 11.9 Å². The number of rotatable bonds is 8. The Morgan fingerprint density at radius 3 is 2.36 bits per heavy atom. The van der Waals surface area contributed by atoms with Gasteiger partial charge in [-0.25, -0.2) is 4.90 Å². The van der Waals surface area contributed by atoms with E-state index in [0.717, 1.165) is 43.4 Å². The summed E-state index contributed by atoms with van der Waals surface area (Å²) in [7, 11) is 0. The number of carbonyl (C=O) groups excluding carboxylic acids is 2. The van der Waals surface area contributed by atoms with Crippen LogP contribution in [0.25, 0.3) is 0 Å². The van der Waals surface area contributed by atoms with Crippen LogP contribution in [0, 0.1) is 0 Å². The second-order valence-corrected chi connectivity index (χ2v) is 8.27. The van der Waals surface area contributed by atoms with Crippen LogP contribution in [0.15, 0.2) is 29.3 Å². The Kier molecular flexibility index (Phi) is 6.89. The number of halogens is 1. The lowest BCUT2D eigenvalue weighted by molar-refractivity contribution is -0.120. The summed E-state index contributed by atoms with van der Waals surface area (Å²) in [6, 6.07) is 5.06. The molecule has 4 nitrogen and oxygen atoms in total. The summed E-state index contributed by atoms with van der Waals surface area (Å²) in [6.07, 6.45) is 6.57. The molecule has 1 aliphatic heterocycles. The van der Waals surface area contributed by atoms with E-state index < -0.39 is 0 Å². The average molecular weight is 420 g/mol. The molecule has 0 saturated carbocycles. The van der Waals surface area contributed by atoms with E-state index in [1.54, 1.807) is 18.2 Å². The van der Waals surface area contributed by atoms with Crippen LogP contribution in [0.1, 0.15) is 65.2 Å². The van der Waals surface area contributed by atoms with E-state index in [9.17, 15) is 9.59 Å². The van der Waals surface area contributed by atoms with Crippen molar-refractivity contribution in [3.8, 4) is 5.75 Å². The van der Waals surface area contributed by atoms with Gasteiger partial charge >= 0.3 is 0 Å². The van der Waals surface area contributed by atoms with Crippen molar-refractivity contribution in [2.75, 3.05) is 4.90 Å². The van der Waals surface area contributed by atoms with E-state index in [1.165, 1.54) is 4.90 Å². The summed E-state index contributed by atoms with van der Waals surface area (Å²) >= 11 is 11.9. The zero-order valence-corrected chi connectivity index (χ0v) is 18.0. The molecule has 0 aromatic heterocycles. The van der Waals surface area contributed by atoms with Gasteiger partial charge in [0.25, 0.3) is 11.8 Å². The van der Waals surface area contributed by atoms with Crippen molar-refractivity contribution >= 4 is 46.2 Å². The van der Waals surface area contributed by atoms with Crippen molar-refractivity contribution in [3.05, 3.63) is 34.4 Å². The quantitative estimate of drug-likeness (QED) is 0.394. The van der Waals surface area contributed by atoms with Gasteiger partial charge in [-0.2, -0.15) is 0 Å². The molecule has 1 aromatic rings. The van der Waals surface area contributed by atoms with Gasteiger partial charge in [0.15, 0.2) is 0 Å². The largest absolute Gasteiger partial charge is 0.484 e. The Balaban J connectivity index is 1.86. The number of ether oxygens (including phenoxy) is 1. The maximum atomic E-state index is 12.8. The highest BCUT2D eigenvalue weighted by atomic mass is 35.5. The lowest BCUT2D eigenvalue weighted by Gasteiger charge is -2.22. The summed E-state index contributed by atoms with van der Waals surface area (Å²) in [4.78, 5) is 27.8. The predicted molar refractivity (Wildman–Crippen MR) is 116 cm³/mol. The van der Waals surface area contributed by atoms with Crippen molar-refractivity contribution in [2.45, 2.75) is 71.3 Å². The molecular formula is C22H26ClNO3S. The van der Waals surface area contributed by atoms with Crippen molar-refractivity contribution in [3.63, 3.8) is 0 Å². The van der Waals surface area contributed by atoms with E-state index in [4.69, 9.17) is 28.6 Å². The number of hydrogen-bond acceptors (Lipinski definition) is 4. The molecule has 1 aliphatic carbocycles. The smallest absolute Gasteiger partial charge is 0.261 e. The van der Waals surface area contributed by atoms with Crippen LogP contribution >= 0.6 is 23.8 Å². The molecule has 3 rings (SSSR count). The standard InChI is InChI=1S/C22H26ClNO3S/c1-3-7-18(20(28)8-4-2)27-19-13-14(11-12-17(19)23)24-21(25)15-9-5-6-10-16(15)22(24)26/h11-13,18H,3-10H2,1-2H3. The van der Waals surface area contributed by atoms with E-state index in [0.29, 0.717) is 40.4 Å². The SMILES string of the molecule is CCCC(=S)C(CCC)Oc1cc(N2C(=O)C3=C(CCCC3)C2=O)ccc1Cl. The number of nitrogens with zero attached hydrogens (tertiary/aromatic N) is 1. The van der Waals surface area contributed by atoms with Crippen molar-refractivity contribution in [2.24, 2.45) is 0 Å². The normalized spacial score (nSPS) is 17.8. The third-order valence-electron chi connectivity index (χ3n) is 5.24. The molecule has 1 heterocycles. The number of imide groups is 1. The number of hydrogen-bond donors (Lipinski definition) is 0. The van der Waals surface area contributed by atoms with Crippen molar-refractivity contribution < 1.29 is 14.3 Å². The Hall–Kier alpha value is -1.72. The minimum absolute atomic E-state index is 0.205. The van der Waals surface area contributed by atoms with Gasteiger partial charge < -0.3 is 4.74 Å². The van der Waals surface area contributed by atoms with Gasteiger partial charge in [-0.1, -0.05) is 50.5 Å². The highest BCUT2D eigenvalue weighted by Gasteiger charge is 2.39. The summed E-state index contributed by atoms with van der Waals surface area (Å²) in [5.74, 6) is 0.0423. The van der Waals surface area contributed by atoms with Crippen molar-refractivity contribution in [1.29, 1.82) is 0 Å². The van der Waals surface area contributed by atoms with E-state index >= 15 is 0 Å². The lowest BCUT2D eigenvalue weighted by atomic mass is 9.93. The maximum Gasteiger partial charge on any atom is 0.261 e. The fraction of sp³-hybridized carbons (Fsp3) is 0.500. The summed E-state index contributed by atoms with van der Waals surface area (Å²) in [5, 5.41) is 0.445. The zero-order chi connectivity index (χ0) is 20.3. The first-order valence-electron chi connectivity index (χ1n) is 10.1. The van der Waals surface area contributed by atoms with Crippen molar-refractivity contribution in [1.82, 2.24) is 0 Å². The molecule has 6 heteroatoms. The number of amides is 2. The molecule has 1 aromatic carbocycles. The fourth-order valence-electron chi connectivity index (χ4n) is 3.80. The summed E-state index contributed by atoms with van der Waals surface area (Å²) in [5.41, 5.74) is 1.84. The van der Waals surface area contributed by atoms with Crippen LogP contribution in [-0.2, 0) is 9.59 Å². The lowest BCUT2D eigenvalue weighted by Crippen LogP contribution is -2.31. The van der Waals surface area contributed by atoms with Crippen LogP contribution in [0.3, 0.4) is 0 Å². The molecule has 1 unspecified atom stereocenters. The molecule has 0 radical (unpaired) electrons. The Bertz CT molecular complexity index is 805. The highest BCUT2D eigenvalue weighted by Crippen LogP contribution is 2.38. The van der Waals surface area contributed by atoms with Crippen LogP contribution < -0.4 is 9.64 Å². The average Bonchev–Trinajstić information content (AvgIpc) is 2.94. The number of anilines is 1.